The van der Waals surface area contributed by atoms with Crippen LogP contribution in [0.4, 0.5) is 15.0 Å². The van der Waals surface area contributed by atoms with Gasteiger partial charge in [0.25, 0.3) is 0 Å². The van der Waals surface area contributed by atoms with Gasteiger partial charge in [-0.15, -0.1) is 0 Å². The SMILES string of the molecule is CN(CCOC(=O)Nc1cc2ccc(Br)cc2cn1)C(=O)CCc1cccc(F)c1Cl. The number of anilines is 1. The van der Waals surface area contributed by atoms with Crippen molar-refractivity contribution >= 4 is 56.1 Å². The zero-order valence-electron chi connectivity index (χ0n) is 16.7. The molecule has 2 amide bonds. The van der Waals surface area contributed by atoms with Gasteiger partial charge >= 0.3 is 6.09 Å². The summed E-state index contributed by atoms with van der Waals surface area (Å²) in [7, 11) is 1.61. The van der Waals surface area contributed by atoms with Gasteiger partial charge in [-0.25, -0.2) is 14.2 Å². The second-order valence-electron chi connectivity index (χ2n) is 6.85. The van der Waals surface area contributed by atoms with Crippen molar-refractivity contribution in [3.63, 3.8) is 0 Å². The molecule has 0 radical (unpaired) electrons. The van der Waals surface area contributed by atoms with Gasteiger partial charge in [0.1, 0.15) is 18.2 Å². The van der Waals surface area contributed by atoms with Crippen LogP contribution in [0.15, 0.2) is 53.1 Å². The van der Waals surface area contributed by atoms with E-state index in [1.54, 1.807) is 31.4 Å². The molecular weight excluding hydrogens is 489 g/mol. The molecule has 1 aromatic heterocycles. The van der Waals surface area contributed by atoms with E-state index in [4.69, 9.17) is 16.3 Å². The number of ether oxygens (including phenoxy) is 1. The highest BCUT2D eigenvalue weighted by molar-refractivity contribution is 9.10. The number of hydrogen-bond donors (Lipinski definition) is 1. The Balaban J connectivity index is 1.42. The summed E-state index contributed by atoms with van der Waals surface area (Å²) in [5, 5.41) is 4.47. The molecule has 6 nitrogen and oxygen atoms in total. The van der Waals surface area contributed by atoms with Crippen molar-refractivity contribution in [1.29, 1.82) is 0 Å². The van der Waals surface area contributed by atoms with E-state index in [2.05, 4.69) is 26.2 Å². The van der Waals surface area contributed by atoms with E-state index in [1.807, 2.05) is 18.2 Å². The predicted octanol–water partition coefficient (Wildman–Crippen LogP) is 5.43. The first-order valence-electron chi connectivity index (χ1n) is 9.49. The number of aromatic nitrogens is 1. The smallest absolute Gasteiger partial charge is 0.412 e. The molecule has 2 aromatic carbocycles. The third-order valence-corrected chi connectivity index (χ3v) is 5.56. The van der Waals surface area contributed by atoms with Gasteiger partial charge in [-0.1, -0.05) is 45.7 Å². The molecule has 3 aromatic rings. The molecule has 162 valence electrons. The Morgan fingerprint density at radius 2 is 2.03 bits per heavy atom. The molecule has 0 spiro atoms. The van der Waals surface area contributed by atoms with Gasteiger partial charge in [-0.05, 0) is 41.6 Å². The number of carbonyl (C=O) groups is 2. The number of rotatable bonds is 7. The summed E-state index contributed by atoms with van der Waals surface area (Å²) in [6.07, 6.45) is 1.50. The highest BCUT2D eigenvalue weighted by Gasteiger charge is 2.13. The van der Waals surface area contributed by atoms with Gasteiger partial charge in [-0.3, -0.25) is 10.1 Å². The summed E-state index contributed by atoms with van der Waals surface area (Å²) in [5.41, 5.74) is 0.578. The number of nitrogens with zero attached hydrogens (tertiary/aromatic N) is 2. The Hall–Kier alpha value is -2.71. The van der Waals surface area contributed by atoms with E-state index in [9.17, 15) is 14.0 Å². The van der Waals surface area contributed by atoms with Crippen LogP contribution in [0.1, 0.15) is 12.0 Å². The van der Waals surface area contributed by atoms with Crippen LogP contribution in [0.5, 0.6) is 0 Å². The molecule has 0 aliphatic carbocycles. The summed E-state index contributed by atoms with van der Waals surface area (Å²) in [6, 6.07) is 12.0. The summed E-state index contributed by atoms with van der Waals surface area (Å²) >= 11 is 9.31. The summed E-state index contributed by atoms with van der Waals surface area (Å²) < 4.78 is 19.5. The minimum Gasteiger partial charge on any atom is -0.447 e. The van der Waals surface area contributed by atoms with Crippen molar-refractivity contribution in [1.82, 2.24) is 9.88 Å². The van der Waals surface area contributed by atoms with Gasteiger partial charge < -0.3 is 9.64 Å². The van der Waals surface area contributed by atoms with Crippen LogP contribution in [0.3, 0.4) is 0 Å². The van der Waals surface area contributed by atoms with Crippen LogP contribution in [0, 0.1) is 5.82 Å². The quantitative estimate of drug-likeness (QED) is 0.462. The average Bonchev–Trinajstić information content (AvgIpc) is 2.74. The third kappa shape index (κ3) is 6.38. The van der Waals surface area contributed by atoms with Gasteiger partial charge in [0.05, 0.1) is 11.6 Å². The third-order valence-electron chi connectivity index (χ3n) is 4.64. The maximum absolute atomic E-state index is 13.5. The van der Waals surface area contributed by atoms with Crippen LogP contribution in [0.2, 0.25) is 5.02 Å². The van der Waals surface area contributed by atoms with Crippen molar-refractivity contribution in [2.75, 3.05) is 25.5 Å². The maximum atomic E-state index is 13.5. The van der Waals surface area contributed by atoms with Crippen molar-refractivity contribution in [3.05, 3.63) is 69.5 Å². The molecule has 0 saturated heterocycles. The number of carbonyl (C=O) groups excluding carboxylic acids is 2. The second kappa shape index (κ2) is 10.5. The van der Waals surface area contributed by atoms with E-state index < -0.39 is 11.9 Å². The molecular formula is C22H20BrClFN3O3. The number of halogens is 3. The number of pyridine rings is 1. The summed E-state index contributed by atoms with van der Waals surface area (Å²) in [5.74, 6) is -0.295. The first-order chi connectivity index (χ1) is 14.8. The molecule has 0 atom stereocenters. The predicted molar refractivity (Wildman–Crippen MR) is 122 cm³/mol. The van der Waals surface area contributed by atoms with Gasteiger partial charge in [0.15, 0.2) is 0 Å². The number of aryl methyl sites for hydroxylation is 1. The van der Waals surface area contributed by atoms with Gasteiger partial charge in [0.2, 0.25) is 5.91 Å². The lowest BCUT2D eigenvalue weighted by molar-refractivity contribution is -0.130. The van der Waals surface area contributed by atoms with Gasteiger partial charge in [-0.2, -0.15) is 0 Å². The van der Waals surface area contributed by atoms with Crippen LogP contribution < -0.4 is 5.32 Å². The zero-order valence-corrected chi connectivity index (χ0v) is 19.0. The second-order valence-corrected chi connectivity index (χ2v) is 8.14. The molecule has 0 unspecified atom stereocenters. The number of nitrogens with one attached hydrogen (secondary N) is 1. The van der Waals surface area contributed by atoms with Crippen molar-refractivity contribution in [2.24, 2.45) is 0 Å². The molecule has 0 bridgehead atoms. The normalized spacial score (nSPS) is 10.7. The van der Waals surface area contributed by atoms with Crippen LogP contribution in [-0.4, -0.2) is 42.1 Å². The highest BCUT2D eigenvalue weighted by atomic mass is 79.9. The van der Waals surface area contributed by atoms with Crippen molar-refractivity contribution < 1.29 is 18.7 Å². The van der Waals surface area contributed by atoms with E-state index in [0.717, 1.165) is 15.2 Å². The lowest BCUT2D eigenvalue weighted by Crippen LogP contribution is -2.31. The van der Waals surface area contributed by atoms with Crippen LogP contribution >= 0.6 is 27.5 Å². The molecule has 0 aliphatic heterocycles. The Morgan fingerprint density at radius 1 is 1.23 bits per heavy atom. The van der Waals surface area contributed by atoms with Crippen LogP contribution in [-0.2, 0) is 16.0 Å². The van der Waals surface area contributed by atoms with E-state index in [0.29, 0.717) is 17.8 Å². The molecule has 1 heterocycles. The van der Waals surface area contributed by atoms with Crippen molar-refractivity contribution in [2.45, 2.75) is 12.8 Å². The fourth-order valence-electron chi connectivity index (χ4n) is 2.90. The Labute approximate surface area is 192 Å². The fraction of sp³-hybridized carbons (Fsp3) is 0.227. The summed E-state index contributed by atoms with van der Waals surface area (Å²) in [4.78, 5) is 29.9. The van der Waals surface area contributed by atoms with Gasteiger partial charge in [0, 0.05) is 29.5 Å². The molecule has 9 heteroatoms. The number of fused-ring (bicyclic) bond motifs is 1. The minimum atomic E-state index is -0.656. The lowest BCUT2D eigenvalue weighted by atomic mass is 10.1. The molecule has 0 aliphatic rings. The van der Waals surface area contributed by atoms with Crippen LogP contribution in [0.25, 0.3) is 10.8 Å². The summed E-state index contributed by atoms with van der Waals surface area (Å²) in [6.45, 7) is 0.248. The zero-order chi connectivity index (χ0) is 22.4. The average molecular weight is 509 g/mol. The monoisotopic (exact) mass is 507 g/mol. The molecule has 3 rings (SSSR count). The lowest BCUT2D eigenvalue weighted by Gasteiger charge is -2.17. The number of benzene rings is 2. The maximum Gasteiger partial charge on any atom is 0.412 e. The largest absolute Gasteiger partial charge is 0.447 e. The highest BCUT2D eigenvalue weighted by Crippen LogP contribution is 2.22. The topological polar surface area (TPSA) is 71.5 Å². The standard InChI is InChI=1S/C22H20BrClFN3O3/c1-28(20(29)8-6-14-3-2-4-18(25)21(14)24)9-10-31-22(30)27-19-12-15-5-7-17(23)11-16(15)13-26-19/h2-5,7,11-13H,6,8-10H2,1H3,(H,26,27,30). The number of likely N-dealkylation sites (N-methyl/N-ethyl adjacent to an activating group) is 1. The minimum absolute atomic E-state index is 0.0231. The number of hydrogen-bond acceptors (Lipinski definition) is 4. The first-order valence-corrected chi connectivity index (χ1v) is 10.7. The van der Waals surface area contributed by atoms with E-state index >= 15 is 0 Å². The molecule has 1 N–H and O–H groups in total. The molecule has 0 fully saturated rings. The Morgan fingerprint density at radius 3 is 2.84 bits per heavy atom. The first kappa shape index (κ1) is 23.0. The number of amides is 2. The Bertz CT molecular complexity index is 1110. The van der Waals surface area contributed by atoms with E-state index in [-0.39, 0.29) is 30.5 Å². The molecule has 31 heavy (non-hydrogen) atoms. The molecule has 0 saturated carbocycles. The fourth-order valence-corrected chi connectivity index (χ4v) is 3.49. The van der Waals surface area contributed by atoms with Crippen molar-refractivity contribution in [3.8, 4) is 0 Å². The Kier molecular flexibility index (Phi) is 7.81. The van der Waals surface area contributed by atoms with E-state index in [1.165, 1.54) is 11.0 Å².